The van der Waals surface area contributed by atoms with Crippen molar-refractivity contribution in [2.75, 3.05) is 5.32 Å². The zero-order chi connectivity index (χ0) is 10.1. The smallest absolute Gasteiger partial charge is 0.224 e. The SMILES string of the molecule is Cc1n[nH]c(C)c1NC(=O)CC1CC1. The number of anilines is 1. The zero-order valence-corrected chi connectivity index (χ0v) is 8.55. The van der Waals surface area contributed by atoms with Crippen LogP contribution in [0.3, 0.4) is 0 Å². The first kappa shape index (κ1) is 9.24. The molecule has 0 aromatic carbocycles. The maximum absolute atomic E-state index is 11.5. The molecule has 0 radical (unpaired) electrons. The molecule has 14 heavy (non-hydrogen) atoms. The van der Waals surface area contributed by atoms with Crippen LogP contribution >= 0.6 is 0 Å². The van der Waals surface area contributed by atoms with Gasteiger partial charge in [0.2, 0.25) is 5.91 Å². The molecule has 0 spiro atoms. The fourth-order valence-electron chi connectivity index (χ4n) is 1.51. The largest absolute Gasteiger partial charge is 0.323 e. The van der Waals surface area contributed by atoms with Gasteiger partial charge in [-0.25, -0.2) is 0 Å². The van der Waals surface area contributed by atoms with Gasteiger partial charge in [0.15, 0.2) is 0 Å². The van der Waals surface area contributed by atoms with E-state index in [9.17, 15) is 4.79 Å². The summed E-state index contributed by atoms with van der Waals surface area (Å²) in [5.74, 6) is 0.739. The van der Waals surface area contributed by atoms with Crippen molar-refractivity contribution in [1.82, 2.24) is 10.2 Å². The summed E-state index contributed by atoms with van der Waals surface area (Å²) in [5.41, 5.74) is 2.62. The summed E-state index contributed by atoms with van der Waals surface area (Å²) in [6.45, 7) is 3.79. The average Bonchev–Trinajstić information content (AvgIpc) is 2.88. The first-order valence-electron chi connectivity index (χ1n) is 4.98. The minimum Gasteiger partial charge on any atom is -0.323 e. The molecule has 1 amide bonds. The number of carbonyl (C=O) groups excluding carboxylic acids is 1. The van der Waals surface area contributed by atoms with Gasteiger partial charge in [0.1, 0.15) is 0 Å². The number of nitrogens with one attached hydrogen (secondary N) is 2. The van der Waals surface area contributed by atoms with Crippen molar-refractivity contribution in [2.45, 2.75) is 33.1 Å². The number of rotatable bonds is 3. The number of aromatic amines is 1. The quantitative estimate of drug-likeness (QED) is 0.768. The van der Waals surface area contributed by atoms with Gasteiger partial charge in [0.25, 0.3) is 0 Å². The zero-order valence-electron chi connectivity index (χ0n) is 8.55. The van der Waals surface area contributed by atoms with E-state index < -0.39 is 0 Å². The van der Waals surface area contributed by atoms with Crippen LogP contribution in [-0.2, 0) is 4.79 Å². The van der Waals surface area contributed by atoms with E-state index in [-0.39, 0.29) is 5.91 Å². The lowest BCUT2D eigenvalue weighted by Gasteiger charge is -2.03. The lowest BCUT2D eigenvalue weighted by molar-refractivity contribution is -0.116. The predicted molar refractivity (Wildman–Crippen MR) is 54.0 cm³/mol. The average molecular weight is 193 g/mol. The molecule has 4 heteroatoms. The van der Waals surface area contributed by atoms with E-state index in [4.69, 9.17) is 0 Å². The van der Waals surface area contributed by atoms with E-state index in [0.29, 0.717) is 12.3 Å². The third kappa shape index (κ3) is 1.95. The van der Waals surface area contributed by atoms with Gasteiger partial charge in [0.05, 0.1) is 17.1 Å². The number of H-pyrrole nitrogens is 1. The second-order valence-corrected chi connectivity index (χ2v) is 4.00. The highest BCUT2D eigenvalue weighted by molar-refractivity contribution is 5.92. The number of hydrogen-bond donors (Lipinski definition) is 2. The second-order valence-electron chi connectivity index (χ2n) is 4.00. The van der Waals surface area contributed by atoms with Crippen LogP contribution in [0.15, 0.2) is 0 Å². The molecule has 1 fully saturated rings. The van der Waals surface area contributed by atoms with Crippen LogP contribution in [0.4, 0.5) is 5.69 Å². The minimum atomic E-state index is 0.111. The van der Waals surface area contributed by atoms with Gasteiger partial charge in [-0.1, -0.05) is 0 Å². The number of aryl methyl sites for hydroxylation is 2. The van der Waals surface area contributed by atoms with E-state index in [2.05, 4.69) is 15.5 Å². The van der Waals surface area contributed by atoms with Crippen LogP contribution in [0.2, 0.25) is 0 Å². The lowest BCUT2D eigenvalue weighted by Crippen LogP contribution is -2.12. The summed E-state index contributed by atoms with van der Waals surface area (Å²) in [5, 5.41) is 9.77. The summed E-state index contributed by atoms with van der Waals surface area (Å²) >= 11 is 0. The molecule has 1 aromatic heterocycles. The van der Waals surface area contributed by atoms with Gasteiger partial charge in [-0.05, 0) is 32.6 Å². The molecule has 4 nitrogen and oxygen atoms in total. The van der Waals surface area contributed by atoms with Gasteiger partial charge in [-0.2, -0.15) is 5.10 Å². The number of aromatic nitrogens is 2. The van der Waals surface area contributed by atoms with Gasteiger partial charge >= 0.3 is 0 Å². The standard InChI is InChI=1S/C10H15N3O/c1-6-10(7(2)13-12-6)11-9(14)5-8-3-4-8/h8H,3-5H2,1-2H3,(H,11,14)(H,12,13). The molecule has 1 aromatic rings. The molecular weight excluding hydrogens is 178 g/mol. The summed E-state index contributed by atoms with van der Waals surface area (Å²) in [6.07, 6.45) is 3.07. The van der Waals surface area contributed by atoms with Gasteiger partial charge < -0.3 is 5.32 Å². The Hall–Kier alpha value is -1.32. The third-order valence-electron chi connectivity index (χ3n) is 2.56. The van der Waals surface area contributed by atoms with Crippen molar-refractivity contribution in [1.29, 1.82) is 0 Å². The van der Waals surface area contributed by atoms with Crippen molar-refractivity contribution in [3.8, 4) is 0 Å². The Labute approximate surface area is 83.1 Å². The number of carbonyl (C=O) groups is 1. The monoisotopic (exact) mass is 193 g/mol. The van der Waals surface area contributed by atoms with Crippen LogP contribution in [-0.4, -0.2) is 16.1 Å². The van der Waals surface area contributed by atoms with Crippen LogP contribution in [0.1, 0.15) is 30.7 Å². The van der Waals surface area contributed by atoms with E-state index in [1.807, 2.05) is 13.8 Å². The summed E-state index contributed by atoms with van der Waals surface area (Å²) in [6, 6.07) is 0. The maximum Gasteiger partial charge on any atom is 0.224 e. The fourth-order valence-corrected chi connectivity index (χ4v) is 1.51. The molecule has 76 valence electrons. The van der Waals surface area contributed by atoms with Crippen LogP contribution in [0, 0.1) is 19.8 Å². The van der Waals surface area contributed by atoms with E-state index in [1.165, 1.54) is 12.8 Å². The summed E-state index contributed by atoms with van der Waals surface area (Å²) < 4.78 is 0. The first-order valence-corrected chi connectivity index (χ1v) is 4.98. The first-order chi connectivity index (χ1) is 6.66. The van der Waals surface area contributed by atoms with Gasteiger partial charge in [-0.15, -0.1) is 0 Å². The minimum absolute atomic E-state index is 0.111. The second kappa shape index (κ2) is 3.44. The normalized spacial score (nSPS) is 15.6. The fraction of sp³-hybridized carbons (Fsp3) is 0.600. The molecule has 1 aliphatic carbocycles. The maximum atomic E-state index is 11.5. The molecule has 1 heterocycles. The Kier molecular flexibility index (Phi) is 2.27. The Morgan fingerprint density at radius 2 is 2.29 bits per heavy atom. The number of hydrogen-bond acceptors (Lipinski definition) is 2. The topological polar surface area (TPSA) is 57.8 Å². The molecule has 0 aliphatic heterocycles. The molecule has 0 bridgehead atoms. The highest BCUT2D eigenvalue weighted by Crippen LogP contribution is 2.32. The molecular formula is C10H15N3O. The lowest BCUT2D eigenvalue weighted by atomic mass is 10.2. The summed E-state index contributed by atoms with van der Waals surface area (Å²) in [7, 11) is 0. The third-order valence-corrected chi connectivity index (χ3v) is 2.56. The van der Waals surface area contributed by atoms with E-state index in [0.717, 1.165) is 17.1 Å². The summed E-state index contributed by atoms with van der Waals surface area (Å²) in [4.78, 5) is 11.5. The van der Waals surface area contributed by atoms with Gasteiger partial charge in [0, 0.05) is 6.42 Å². The van der Waals surface area contributed by atoms with E-state index >= 15 is 0 Å². The molecule has 0 saturated heterocycles. The van der Waals surface area contributed by atoms with Crippen LogP contribution in [0.5, 0.6) is 0 Å². The van der Waals surface area contributed by atoms with Crippen LogP contribution < -0.4 is 5.32 Å². The number of amides is 1. The highest BCUT2D eigenvalue weighted by atomic mass is 16.1. The van der Waals surface area contributed by atoms with Crippen molar-refractivity contribution >= 4 is 11.6 Å². The van der Waals surface area contributed by atoms with Crippen molar-refractivity contribution < 1.29 is 4.79 Å². The highest BCUT2D eigenvalue weighted by Gasteiger charge is 2.24. The molecule has 0 unspecified atom stereocenters. The number of nitrogens with zero attached hydrogens (tertiary/aromatic N) is 1. The van der Waals surface area contributed by atoms with Crippen molar-refractivity contribution in [2.24, 2.45) is 5.92 Å². The Balaban J connectivity index is 1.98. The Morgan fingerprint density at radius 1 is 1.57 bits per heavy atom. The Morgan fingerprint density at radius 3 is 2.79 bits per heavy atom. The predicted octanol–water partition coefficient (Wildman–Crippen LogP) is 1.77. The molecule has 1 aliphatic rings. The van der Waals surface area contributed by atoms with Gasteiger partial charge in [-0.3, -0.25) is 9.89 Å². The van der Waals surface area contributed by atoms with E-state index in [1.54, 1.807) is 0 Å². The molecule has 0 atom stereocenters. The Bertz CT molecular complexity index is 333. The van der Waals surface area contributed by atoms with Crippen LogP contribution in [0.25, 0.3) is 0 Å². The van der Waals surface area contributed by atoms with Crippen molar-refractivity contribution in [3.63, 3.8) is 0 Å². The van der Waals surface area contributed by atoms with Crippen molar-refractivity contribution in [3.05, 3.63) is 11.4 Å². The molecule has 2 N–H and O–H groups in total. The molecule has 1 saturated carbocycles. The molecule has 2 rings (SSSR count).